The van der Waals surface area contributed by atoms with Crippen molar-refractivity contribution >= 4 is 17.7 Å². The van der Waals surface area contributed by atoms with Crippen molar-refractivity contribution in [3.05, 3.63) is 95.6 Å². The molecule has 0 aromatic heterocycles. The third-order valence-corrected chi connectivity index (χ3v) is 5.11. The number of hydrogen-bond acceptors (Lipinski definition) is 3. The molecular weight excluding hydrogens is 328 g/mol. The van der Waals surface area contributed by atoms with Gasteiger partial charge in [-0.05, 0) is 42.3 Å². The largest absolute Gasteiger partial charge is 0.427 e. The van der Waals surface area contributed by atoms with Crippen LogP contribution in [0.2, 0.25) is 0 Å². The number of benzene rings is 3. The zero-order valence-electron chi connectivity index (χ0n) is 14.3. The zero-order chi connectivity index (χ0) is 17.6. The summed E-state index contributed by atoms with van der Waals surface area (Å²) in [6.07, 6.45) is 0. The van der Waals surface area contributed by atoms with Gasteiger partial charge >= 0.3 is 5.97 Å². The molecule has 3 aromatic carbocycles. The summed E-state index contributed by atoms with van der Waals surface area (Å²) in [5.41, 5.74) is 3.80. The Hall–Kier alpha value is -2.52. The molecule has 0 aliphatic carbocycles. The Morgan fingerprint density at radius 2 is 1.56 bits per heavy atom. The van der Waals surface area contributed by atoms with Crippen molar-refractivity contribution in [3.63, 3.8) is 0 Å². The highest BCUT2D eigenvalue weighted by molar-refractivity contribution is 7.99. The van der Waals surface area contributed by atoms with E-state index in [2.05, 4.69) is 55.5 Å². The van der Waals surface area contributed by atoms with E-state index in [1.807, 2.05) is 30.3 Å². The smallest absolute Gasteiger partial charge is 0.308 e. The van der Waals surface area contributed by atoms with Gasteiger partial charge < -0.3 is 4.74 Å². The quantitative estimate of drug-likeness (QED) is 0.331. The van der Waals surface area contributed by atoms with E-state index < -0.39 is 0 Å². The van der Waals surface area contributed by atoms with Crippen molar-refractivity contribution in [2.75, 3.05) is 0 Å². The van der Waals surface area contributed by atoms with Crippen LogP contribution in [0.5, 0.6) is 5.75 Å². The third kappa shape index (κ3) is 4.74. The van der Waals surface area contributed by atoms with Crippen LogP contribution in [0.25, 0.3) is 0 Å². The van der Waals surface area contributed by atoms with Crippen LogP contribution in [0, 0.1) is 6.92 Å². The second kappa shape index (κ2) is 8.04. The lowest BCUT2D eigenvalue weighted by Gasteiger charge is -2.18. The van der Waals surface area contributed by atoms with Crippen molar-refractivity contribution in [1.82, 2.24) is 0 Å². The summed E-state index contributed by atoms with van der Waals surface area (Å²) in [6, 6.07) is 26.8. The van der Waals surface area contributed by atoms with Gasteiger partial charge in [-0.1, -0.05) is 60.2 Å². The van der Waals surface area contributed by atoms with E-state index in [4.69, 9.17) is 4.74 Å². The summed E-state index contributed by atoms with van der Waals surface area (Å²) in [5, 5.41) is 0.209. The Bertz CT molecular complexity index is 841. The van der Waals surface area contributed by atoms with Crippen LogP contribution >= 0.6 is 11.8 Å². The molecule has 2 nitrogen and oxygen atoms in total. The van der Waals surface area contributed by atoms with Crippen LogP contribution in [0.3, 0.4) is 0 Å². The van der Waals surface area contributed by atoms with Gasteiger partial charge in [0, 0.05) is 11.8 Å². The summed E-state index contributed by atoms with van der Waals surface area (Å²) in [5.74, 6) is 0.269. The first-order chi connectivity index (χ1) is 12.1. The molecule has 0 aliphatic rings. The zero-order valence-corrected chi connectivity index (χ0v) is 15.1. The van der Waals surface area contributed by atoms with Crippen LogP contribution in [0.4, 0.5) is 0 Å². The predicted molar refractivity (Wildman–Crippen MR) is 103 cm³/mol. The molecule has 0 radical (unpaired) electrons. The van der Waals surface area contributed by atoms with Crippen molar-refractivity contribution < 1.29 is 9.53 Å². The van der Waals surface area contributed by atoms with Crippen molar-refractivity contribution in [3.8, 4) is 5.75 Å². The lowest BCUT2D eigenvalue weighted by molar-refractivity contribution is -0.131. The van der Waals surface area contributed by atoms with Crippen LogP contribution in [0.15, 0.2) is 83.8 Å². The number of carbonyl (C=O) groups is 1. The normalized spacial score (nSPS) is 11.8. The molecular formula is C22H20O2S. The van der Waals surface area contributed by atoms with Gasteiger partial charge in [-0.15, -0.1) is 11.8 Å². The number of rotatable bonds is 5. The molecule has 0 saturated heterocycles. The van der Waals surface area contributed by atoms with Gasteiger partial charge in [0.1, 0.15) is 5.75 Å². The average Bonchev–Trinajstić information content (AvgIpc) is 2.61. The number of aryl methyl sites for hydroxylation is 1. The van der Waals surface area contributed by atoms with E-state index in [9.17, 15) is 4.79 Å². The monoisotopic (exact) mass is 348 g/mol. The maximum atomic E-state index is 11.1. The Morgan fingerprint density at radius 3 is 2.20 bits per heavy atom. The van der Waals surface area contributed by atoms with Gasteiger partial charge in [-0.25, -0.2) is 0 Å². The number of thioether (sulfide) groups is 1. The van der Waals surface area contributed by atoms with Gasteiger partial charge in [0.25, 0.3) is 0 Å². The average molecular weight is 348 g/mol. The van der Waals surface area contributed by atoms with Crippen LogP contribution in [-0.2, 0) is 4.79 Å². The summed E-state index contributed by atoms with van der Waals surface area (Å²) in [7, 11) is 0. The van der Waals surface area contributed by atoms with Gasteiger partial charge in [-0.3, -0.25) is 4.79 Å². The Labute approximate surface area is 152 Å². The Morgan fingerprint density at radius 1 is 0.880 bits per heavy atom. The maximum Gasteiger partial charge on any atom is 0.308 e. The third-order valence-electron chi connectivity index (χ3n) is 3.79. The van der Waals surface area contributed by atoms with Crippen LogP contribution in [-0.4, -0.2) is 5.97 Å². The Balaban J connectivity index is 1.89. The SMILES string of the molecule is CC(=O)Oc1ccc(SC(c2ccccc2)c2cccc(C)c2)cc1. The molecule has 0 heterocycles. The lowest BCUT2D eigenvalue weighted by Crippen LogP contribution is -2.01. The lowest BCUT2D eigenvalue weighted by atomic mass is 10.0. The first-order valence-electron chi connectivity index (χ1n) is 8.18. The van der Waals surface area contributed by atoms with E-state index in [-0.39, 0.29) is 11.2 Å². The first-order valence-corrected chi connectivity index (χ1v) is 9.06. The van der Waals surface area contributed by atoms with E-state index in [1.54, 1.807) is 11.8 Å². The van der Waals surface area contributed by atoms with E-state index >= 15 is 0 Å². The predicted octanol–water partition coefficient (Wildman–Crippen LogP) is 5.80. The van der Waals surface area contributed by atoms with E-state index in [0.717, 1.165) is 4.90 Å². The van der Waals surface area contributed by atoms with Gasteiger partial charge in [0.05, 0.1) is 5.25 Å². The number of ether oxygens (including phenoxy) is 1. The molecule has 3 aromatic rings. The maximum absolute atomic E-state index is 11.1. The van der Waals surface area contributed by atoms with Crippen molar-refractivity contribution in [1.29, 1.82) is 0 Å². The fraction of sp³-hybridized carbons (Fsp3) is 0.136. The molecule has 0 bridgehead atoms. The minimum atomic E-state index is -0.303. The Kier molecular flexibility index (Phi) is 5.56. The standard InChI is InChI=1S/C22H20O2S/c1-16-7-6-10-19(15-16)22(18-8-4-3-5-9-18)25-21-13-11-20(12-14-21)24-17(2)23/h3-15,22H,1-2H3. The van der Waals surface area contributed by atoms with E-state index in [1.165, 1.54) is 23.6 Å². The molecule has 3 heteroatoms. The molecule has 0 aliphatic heterocycles. The van der Waals surface area contributed by atoms with Gasteiger partial charge in [0.15, 0.2) is 0 Å². The number of esters is 1. The first kappa shape index (κ1) is 17.3. The van der Waals surface area contributed by atoms with Crippen molar-refractivity contribution in [2.45, 2.75) is 24.0 Å². The molecule has 126 valence electrons. The number of hydrogen-bond donors (Lipinski definition) is 0. The summed E-state index contributed by atoms with van der Waals surface area (Å²) >= 11 is 1.79. The summed E-state index contributed by atoms with van der Waals surface area (Å²) < 4.78 is 5.11. The minimum absolute atomic E-state index is 0.209. The minimum Gasteiger partial charge on any atom is -0.427 e. The molecule has 25 heavy (non-hydrogen) atoms. The molecule has 0 spiro atoms. The molecule has 3 rings (SSSR count). The van der Waals surface area contributed by atoms with Gasteiger partial charge in [0.2, 0.25) is 0 Å². The highest BCUT2D eigenvalue weighted by Crippen LogP contribution is 2.41. The van der Waals surface area contributed by atoms with Crippen LogP contribution < -0.4 is 4.74 Å². The highest BCUT2D eigenvalue weighted by atomic mass is 32.2. The molecule has 0 N–H and O–H groups in total. The van der Waals surface area contributed by atoms with Crippen molar-refractivity contribution in [2.24, 2.45) is 0 Å². The number of carbonyl (C=O) groups excluding carboxylic acids is 1. The topological polar surface area (TPSA) is 26.3 Å². The molecule has 0 amide bonds. The van der Waals surface area contributed by atoms with Crippen LogP contribution in [0.1, 0.15) is 28.9 Å². The fourth-order valence-electron chi connectivity index (χ4n) is 2.68. The fourth-order valence-corrected chi connectivity index (χ4v) is 3.82. The van der Waals surface area contributed by atoms with E-state index in [0.29, 0.717) is 5.75 Å². The second-order valence-electron chi connectivity index (χ2n) is 5.89. The second-order valence-corrected chi connectivity index (χ2v) is 7.07. The summed E-state index contributed by atoms with van der Waals surface area (Å²) in [4.78, 5) is 12.2. The molecule has 1 unspecified atom stereocenters. The molecule has 1 atom stereocenters. The molecule has 0 fully saturated rings. The summed E-state index contributed by atoms with van der Waals surface area (Å²) in [6.45, 7) is 3.52. The van der Waals surface area contributed by atoms with Gasteiger partial charge in [-0.2, -0.15) is 0 Å². The highest BCUT2D eigenvalue weighted by Gasteiger charge is 2.16. The molecule has 0 saturated carbocycles.